The van der Waals surface area contributed by atoms with Crippen LogP contribution in [-0.4, -0.2) is 32.8 Å². The number of aromatic nitrogens is 2. The third-order valence-electron chi connectivity index (χ3n) is 2.59. The number of hydrogen-bond acceptors (Lipinski definition) is 5. The second kappa shape index (κ2) is 4.85. The topological polar surface area (TPSA) is 71.6 Å². The SMILES string of the molecule is Cn1cc2ccc(C=NN=C3NC(=O)CS3)cc2n1. The molecule has 7 heteroatoms. The first-order valence-electron chi connectivity index (χ1n) is 5.68. The number of nitrogens with zero attached hydrogens (tertiary/aromatic N) is 4. The summed E-state index contributed by atoms with van der Waals surface area (Å²) in [5, 5.41) is 16.5. The van der Waals surface area contributed by atoms with Gasteiger partial charge >= 0.3 is 0 Å². The lowest BCUT2D eigenvalue weighted by molar-refractivity contribution is -0.116. The Kier molecular flexibility index (Phi) is 3.04. The van der Waals surface area contributed by atoms with Gasteiger partial charge in [-0.25, -0.2) is 0 Å². The summed E-state index contributed by atoms with van der Waals surface area (Å²) in [6.45, 7) is 0. The molecular weight excluding hydrogens is 262 g/mol. The minimum atomic E-state index is -0.0335. The van der Waals surface area contributed by atoms with Crippen LogP contribution in [0.15, 0.2) is 34.6 Å². The zero-order valence-corrected chi connectivity index (χ0v) is 11.0. The zero-order chi connectivity index (χ0) is 13.2. The Balaban J connectivity index is 1.79. The molecule has 0 bridgehead atoms. The van der Waals surface area contributed by atoms with Gasteiger partial charge < -0.3 is 5.32 Å². The number of carbonyl (C=O) groups excluding carboxylic acids is 1. The molecule has 0 spiro atoms. The van der Waals surface area contributed by atoms with E-state index in [4.69, 9.17) is 0 Å². The van der Waals surface area contributed by atoms with E-state index in [0.29, 0.717) is 10.9 Å². The lowest BCUT2D eigenvalue weighted by Crippen LogP contribution is -2.19. The molecule has 1 aliphatic heterocycles. The molecule has 0 saturated carbocycles. The van der Waals surface area contributed by atoms with E-state index in [1.807, 2.05) is 31.4 Å². The lowest BCUT2D eigenvalue weighted by atomic mass is 10.2. The van der Waals surface area contributed by atoms with Crippen LogP contribution in [0.1, 0.15) is 5.56 Å². The van der Waals surface area contributed by atoms with Crippen molar-refractivity contribution in [3.05, 3.63) is 30.0 Å². The number of fused-ring (bicyclic) bond motifs is 1. The van der Waals surface area contributed by atoms with Crippen molar-refractivity contribution in [1.82, 2.24) is 15.1 Å². The predicted molar refractivity (Wildman–Crippen MR) is 76.3 cm³/mol. The largest absolute Gasteiger partial charge is 0.303 e. The summed E-state index contributed by atoms with van der Waals surface area (Å²) >= 11 is 1.35. The number of carbonyl (C=O) groups is 1. The predicted octanol–water partition coefficient (Wildman–Crippen LogP) is 1.13. The van der Waals surface area contributed by atoms with Crippen molar-refractivity contribution in [3.8, 4) is 0 Å². The van der Waals surface area contributed by atoms with Gasteiger partial charge in [0.15, 0.2) is 5.17 Å². The van der Waals surface area contributed by atoms with Crippen molar-refractivity contribution in [1.29, 1.82) is 0 Å². The van der Waals surface area contributed by atoms with Crippen LogP contribution in [0.4, 0.5) is 0 Å². The van der Waals surface area contributed by atoms with Gasteiger partial charge in [0.1, 0.15) is 0 Å². The van der Waals surface area contributed by atoms with Gasteiger partial charge in [-0.05, 0) is 11.6 Å². The quantitative estimate of drug-likeness (QED) is 0.658. The number of aryl methyl sites for hydroxylation is 1. The van der Waals surface area contributed by atoms with E-state index in [1.165, 1.54) is 11.8 Å². The highest BCUT2D eigenvalue weighted by Gasteiger charge is 2.15. The standard InChI is InChI=1S/C12H11N5OS/c1-17-6-9-3-2-8(4-10(9)16-17)5-13-15-12-14-11(18)7-19-12/h2-6H,7H2,1H3,(H,14,15,18). The van der Waals surface area contributed by atoms with Crippen molar-refractivity contribution in [2.45, 2.75) is 0 Å². The van der Waals surface area contributed by atoms with E-state index in [0.717, 1.165) is 16.5 Å². The fourth-order valence-corrected chi connectivity index (χ4v) is 2.39. The number of amides is 1. The Morgan fingerprint density at radius 2 is 2.42 bits per heavy atom. The Bertz CT molecular complexity index is 703. The van der Waals surface area contributed by atoms with Crippen LogP contribution in [-0.2, 0) is 11.8 Å². The van der Waals surface area contributed by atoms with Crippen molar-refractivity contribution < 1.29 is 4.79 Å². The molecule has 1 aromatic carbocycles. The van der Waals surface area contributed by atoms with Crippen LogP contribution in [0.2, 0.25) is 0 Å². The summed E-state index contributed by atoms with van der Waals surface area (Å²) in [5.41, 5.74) is 1.84. The number of rotatable bonds is 2. The molecule has 96 valence electrons. The molecule has 1 amide bonds. The van der Waals surface area contributed by atoms with Crippen molar-refractivity contribution in [2.24, 2.45) is 17.3 Å². The fraction of sp³-hybridized carbons (Fsp3) is 0.167. The Labute approximate surface area is 113 Å². The third kappa shape index (κ3) is 2.65. The highest BCUT2D eigenvalue weighted by atomic mass is 32.2. The molecule has 1 aromatic heterocycles. The van der Waals surface area contributed by atoms with E-state index in [-0.39, 0.29) is 5.91 Å². The third-order valence-corrected chi connectivity index (χ3v) is 3.45. The monoisotopic (exact) mass is 273 g/mol. The van der Waals surface area contributed by atoms with Gasteiger partial charge in [-0.3, -0.25) is 9.48 Å². The van der Waals surface area contributed by atoms with Crippen LogP contribution < -0.4 is 5.32 Å². The molecule has 0 aliphatic carbocycles. The van der Waals surface area contributed by atoms with Crippen molar-refractivity contribution in [3.63, 3.8) is 0 Å². The first-order chi connectivity index (χ1) is 9.20. The summed E-state index contributed by atoms with van der Waals surface area (Å²) in [5.74, 6) is 0.377. The molecular formula is C12H11N5OS. The molecule has 0 atom stereocenters. The fourth-order valence-electron chi connectivity index (χ4n) is 1.76. The van der Waals surface area contributed by atoms with Gasteiger partial charge in [-0.1, -0.05) is 23.9 Å². The van der Waals surface area contributed by atoms with Crippen molar-refractivity contribution in [2.75, 3.05) is 5.75 Å². The molecule has 19 heavy (non-hydrogen) atoms. The molecule has 1 fully saturated rings. The van der Waals surface area contributed by atoms with Crippen LogP contribution in [0.5, 0.6) is 0 Å². The van der Waals surface area contributed by atoms with Gasteiger partial charge in [0.05, 0.1) is 17.5 Å². The minimum Gasteiger partial charge on any atom is -0.303 e. The summed E-state index contributed by atoms with van der Waals surface area (Å²) in [7, 11) is 1.89. The first kappa shape index (κ1) is 11.9. The van der Waals surface area contributed by atoms with Crippen LogP contribution in [0.25, 0.3) is 10.9 Å². The maximum Gasteiger partial charge on any atom is 0.236 e. The summed E-state index contributed by atoms with van der Waals surface area (Å²) < 4.78 is 1.77. The zero-order valence-electron chi connectivity index (χ0n) is 10.2. The molecule has 1 aliphatic rings. The maximum atomic E-state index is 11.0. The minimum absolute atomic E-state index is 0.0335. The van der Waals surface area contributed by atoms with Gasteiger partial charge in [0, 0.05) is 18.6 Å². The second-order valence-corrected chi connectivity index (χ2v) is 5.07. The normalized spacial score (nSPS) is 17.7. The number of thioether (sulfide) groups is 1. The van der Waals surface area contributed by atoms with Gasteiger partial charge in [-0.2, -0.15) is 10.2 Å². The maximum absolute atomic E-state index is 11.0. The Morgan fingerprint density at radius 3 is 3.21 bits per heavy atom. The van der Waals surface area contributed by atoms with Crippen LogP contribution in [0, 0.1) is 0 Å². The molecule has 6 nitrogen and oxygen atoms in total. The van der Waals surface area contributed by atoms with E-state index in [2.05, 4.69) is 20.6 Å². The Morgan fingerprint density at radius 1 is 1.53 bits per heavy atom. The van der Waals surface area contributed by atoms with E-state index in [9.17, 15) is 4.79 Å². The second-order valence-electron chi connectivity index (χ2n) is 4.11. The average Bonchev–Trinajstić information content (AvgIpc) is 2.94. The van der Waals surface area contributed by atoms with Crippen LogP contribution >= 0.6 is 11.8 Å². The Hall–Kier alpha value is -2.15. The number of amidine groups is 1. The molecule has 1 saturated heterocycles. The summed E-state index contributed by atoms with van der Waals surface area (Å²) in [6, 6.07) is 5.89. The van der Waals surface area contributed by atoms with E-state index < -0.39 is 0 Å². The smallest absolute Gasteiger partial charge is 0.236 e. The lowest BCUT2D eigenvalue weighted by Gasteiger charge is -1.92. The van der Waals surface area contributed by atoms with Gasteiger partial charge in [0.25, 0.3) is 0 Å². The number of nitrogens with one attached hydrogen (secondary N) is 1. The molecule has 1 N–H and O–H groups in total. The first-order valence-corrected chi connectivity index (χ1v) is 6.66. The number of benzene rings is 1. The van der Waals surface area contributed by atoms with E-state index in [1.54, 1.807) is 10.9 Å². The molecule has 3 rings (SSSR count). The van der Waals surface area contributed by atoms with Gasteiger partial charge in [0.2, 0.25) is 5.91 Å². The molecule has 0 radical (unpaired) electrons. The summed E-state index contributed by atoms with van der Waals surface area (Å²) in [6.07, 6.45) is 3.60. The van der Waals surface area contributed by atoms with E-state index >= 15 is 0 Å². The molecule has 0 unspecified atom stereocenters. The highest BCUT2D eigenvalue weighted by Crippen LogP contribution is 2.13. The number of hydrogen-bond donors (Lipinski definition) is 1. The highest BCUT2D eigenvalue weighted by molar-refractivity contribution is 8.15. The van der Waals surface area contributed by atoms with Gasteiger partial charge in [-0.15, -0.1) is 5.10 Å². The summed E-state index contributed by atoms with van der Waals surface area (Å²) in [4.78, 5) is 11.0. The average molecular weight is 273 g/mol. The molecule has 2 heterocycles. The van der Waals surface area contributed by atoms with Crippen LogP contribution in [0.3, 0.4) is 0 Å². The van der Waals surface area contributed by atoms with Crippen molar-refractivity contribution >= 4 is 40.0 Å². The molecule has 2 aromatic rings.